The zero-order valence-corrected chi connectivity index (χ0v) is 34.0. The molecule has 4 saturated carbocycles. The number of ether oxygens (including phenoxy) is 7. The molecule has 4 heterocycles. The fraction of sp³-hybridized carbons (Fsp3) is 0.927. The van der Waals surface area contributed by atoms with Gasteiger partial charge in [0.25, 0.3) is 0 Å². The van der Waals surface area contributed by atoms with Crippen LogP contribution in [0, 0.1) is 34.5 Å². The Morgan fingerprint density at radius 1 is 0.717 bits per heavy atom. The smallest absolute Gasteiger partial charge is 0.331 e. The van der Waals surface area contributed by atoms with Gasteiger partial charge in [0.05, 0.1) is 31.0 Å². The molecule has 11 N–H and O–H groups in total. The molecule has 3 saturated heterocycles. The molecule has 4 aliphatic heterocycles. The third-order valence-electron chi connectivity index (χ3n) is 16.3. The second-order valence-electron chi connectivity index (χ2n) is 19.0. The highest BCUT2D eigenvalue weighted by Gasteiger charge is 2.68. The number of rotatable bonds is 10. The lowest BCUT2D eigenvalue weighted by molar-refractivity contribution is -0.365. The predicted octanol–water partition coefficient (Wildman–Crippen LogP) is -2.92. The Kier molecular flexibility index (Phi) is 12.9. The van der Waals surface area contributed by atoms with Crippen LogP contribution in [0.4, 0.5) is 0 Å². The SMILES string of the molecule is C[C@@H]1O[C@H](O[C@H]2CC[C@@]3(CO)C(CCC4C3CC[C@]3(C)[C@@H](C5=CC(=O)OC5)CC[C@]43O)C2)[C@H](O)[C@@H](O)[C@@H]1OC1O[C@H](CO[C@@H]2O[C@H](CO)[C@@H](O)[C@H](O)[C@H]2O)[C@@H](O)[C@H](O)[C@H]1O. The molecule has 19 nitrogen and oxygen atoms in total. The molecule has 0 radical (unpaired) electrons. The molecule has 0 amide bonds. The van der Waals surface area contributed by atoms with Crippen LogP contribution in [-0.4, -0.2) is 192 Å². The first-order valence-electron chi connectivity index (χ1n) is 21.6. The summed E-state index contributed by atoms with van der Waals surface area (Å²) in [6.45, 7) is 2.71. The molecule has 4 unspecified atom stereocenters. The van der Waals surface area contributed by atoms with Crippen molar-refractivity contribution >= 4 is 5.97 Å². The number of carbonyl (C=O) groups excluding carboxylic acids is 1. The molecule has 342 valence electrons. The average Bonchev–Trinajstić information content (AvgIpc) is 3.79. The summed E-state index contributed by atoms with van der Waals surface area (Å²) in [5.41, 5.74) is -0.786. The monoisotopic (exact) mass is 860 g/mol. The van der Waals surface area contributed by atoms with Gasteiger partial charge in [-0.15, -0.1) is 0 Å². The number of esters is 1. The lowest BCUT2D eigenvalue weighted by Gasteiger charge is -2.64. The van der Waals surface area contributed by atoms with E-state index in [1.807, 2.05) is 0 Å². The van der Waals surface area contributed by atoms with Crippen molar-refractivity contribution in [3.8, 4) is 0 Å². The minimum Gasteiger partial charge on any atom is -0.458 e. The maximum Gasteiger partial charge on any atom is 0.331 e. The van der Waals surface area contributed by atoms with Crippen LogP contribution in [0.25, 0.3) is 0 Å². The van der Waals surface area contributed by atoms with Crippen molar-refractivity contribution in [2.45, 2.75) is 175 Å². The molecule has 0 aromatic rings. The summed E-state index contributed by atoms with van der Waals surface area (Å²) in [4.78, 5) is 11.9. The Hall–Kier alpha value is -1.47. The Bertz CT molecular complexity index is 1570. The third-order valence-corrected chi connectivity index (χ3v) is 16.3. The Morgan fingerprint density at radius 3 is 2.07 bits per heavy atom. The molecule has 0 aromatic heterocycles. The van der Waals surface area contributed by atoms with Gasteiger partial charge in [-0.25, -0.2) is 4.79 Å². The minimum absolute atomic E-state index is 0.00142. The molecule has 60 heavy (non-hydrogen) atoms. The summed E-state index contributed by atoms with van der Waals surface area (Å²) in [7, 11) is 0. The summed E-state index contributed by atoms with van der Waals surface area (Å²) in [5, 5.41) is 118. The highest BCUT2D eigenvalue weighted by atomic mass is 16.8. The summed E-state index contributed by atoms with van der Waals surface area (Å²) >= 11 is 0. The highest BCUT2D eigenvalue weighted by Crippen LogP contribution is 2.70. The van der Waals surface area contributed by atoms with Crippen molar-refractivity contribution in [2.75, 3.05) is 26.4 Å². The fourth-order valence-corrected chi connectivity index (χ4v) is 12.8. The van der Waals surface area contributed by atoms with Crippen LogP contribution < -0.4 is 0 Å². The number of fused-ring (bicyclic) bond motifs is 5. The Morgan fingerprint density at radius 2 is 1.38 bits per heavy atom. The van der Waals surface area contributed by atoms with Crippen LogP contribution in [0.2, 0.25) is 0 Å². The fourth-order valence-electron chi connectivity index (χ4n) is 12.8. The largest absolute Gasteiger partial charge is 0.458 e. The number of hydrogen-bond donors (Lipinski definition) is 11. The maximum atomic E-state index is 12.6. The summed E-state index contributed by atoms with van der Waals surface area (Å²) < 4.78 is 40.1. The first kappa shape index (κ1) is 45.1. The molecule has 7 fully saturated rings. The lowest BCUT2D eigenvalue weighted by atomic mass is 9.43. The molecule has 23 atom stereocenters. The van der Waals surface area contributed by atoms with E-state index >= 15 is 0 Å². The minimum atomic E-state index is -1.83. The average molecular weight is 861 g/mol. The van der Waals surface area contributed by atoms with E-state index in [1.54, 1.807) is 13.0 Å². The first-order chi connectivity index (χ1) is 28.5. The number of cyclic esters (lactones) is 1. The van der Waals surface area contributed by atoms with Crippen LogP contribution in [-0.2, 0) is 38.0 Å². The van der Waals surface area contributed by atoms with E-state index < -0.39 is 122 Å². The molecule has 19 heteroatoms. The second kappa shape index (κ2) is 17.2. The molecular formula is C41H64O19. The van der Waals surface area contributed by atoms with E-state index in [2.05, 4.69) is 6.92 Å². The van der Waals surface area contributed by atoms with Gasteiger partial charge in [-0.1, -0.05) is 6.92 Å². The predicted molar refractivity (Wildman–Crippen MR) is 200 cm³/mol. The van der Waals surface area contributed by atoms with Gasteiger partial charge in [0.1, 0.15) is 73.8 Å². The van der Waals surface area contributed by atoms with E-state index in [4.69, 9.17) is 33.2 Å². The molecule has 8 rings (SSSR count). The Labute approximate surface area is 347 Å². The van der Waals surface area contributed by atoms with Crippen molar-refractivity contribution in [1.82, 2.24) is 0 Å². The van der Waals surface area contributed by atoms with Crippen LogP contribution in [0.3, 0.4) is 0 Å². The number of aliphatic hydroxyl groups excluding tert-OH is 10. The number of hydrogen-bond acceptors (Lipinski definition) is 19. The molecule has 0 bridgehead atoms. The molecular weight excluding hydrogens is 796 g/mol. The summed E-state index contributed by atoms with van der Waals surface area (Å²) in [6.07, 6.45) is -15.5. The van der Waals surface area contributed by atoms with Gasteiger partial charge in [-0.2, -0.15) is 0 Å². The van der Waals surface area contributed by atoms with Crippen molar-refractivity contribution in [1.29, 1.82) is 0 Å². The van der Waals surface area contributed by atoms with Crippen molar-refractivity contribution in [3.63, 3.8) is 0 Å². The topological polar surface area (TPSA) is 304 Å². The standard InChI is InChI=1S/C41H64O19/c1-17-35(60-38-33(51)30(48)28(46)25(59-38)15-55-36-32(50)29(47)27(45)24(13-42)58-36)31(49)34(52)37(56-17)57-20-5-9-40(16-43)19(12-20)3-4-23-22(40)6-8-39(2)21(7-10-41(23,39)53)18-11-26(44)54-14-18/h11,17,19-25,27-38,42-43,45-53H,3-10,12-16H2,1-2H3/t17-,19?,20-,21+,22?,23?,24+,25+,27+,28+,29-,30-,31+,32+,33+,34+,35+,36+,37+,38?,39+,40+,41-/m0/s1. The van der Waals surface area contributed by atoms with Gasteiger partial charge in [0, 0.05) is 18.1 Å². The van der Waals surface area contributed by atoms with E-state index in [0.717, 1.165) is 37.7 Å². The first-order valence-corrected chi connectivity index (χ1v) is 21.6. The zero-order chi connectivity index (χ0) is 43.1. The van der Waals surface area contributed by atoms with Crippen LogP contribution in [0.1, 0.15) is 71.6 Å². The van der Waals surface area contributed by atoms with Gasteiger partial charge in [0.2, 0.25) is 0 Å². The van der Waals surface area contributed by atoms with E-state index in [0.29, 0.717) is 25.7 Å². The van der Waals surface area contributed by atoms with Gasteiger partial charge in [0.15, 0.2) is 18.9 Å². The van der Waals surface area contributed by atoms with Gasteiger partial charge < -0.3 is 89.3 Å². The van der Waals surface area contributed by atoms with Gasteiger partial charge >= 0.3 is 5.97 Å². The normalized spacial score (nSPS) is 54.4. The summed E-state index contributed by atoms with van der Waals surface area (Å²) in [6, 6.07) is 0. The quantitative estimate of drug-likeness (QED) is 0.0775. The molecule has 4 aliphatic carbocycles. The molecule has 8 aliphatic rings. The highest BCUT2D eigenvalue weighted by molar-refractivity contribution is 5.85. The molecule has 0 spiro atoms. The second-order valence-corrected chi connectivity index (χ2v) is 19.0. The van der Waals surface area contributed by atoms with E-state index in [1.165, 1.54) is 0 Å². The van der Waals surface area contributed by atoms with Gasteiger partial charge in [-0.05, 0) is 99.4 Å². The van der Waals surface area contributed by atoms with E-state index in [-0.39, 0.29) is 49.0 Å². The lowest BCUT2D eigenvalue weighted by Crippen LogP contribution is -2.65. The van der Waals surface area contributed by atoms with Crippen LogP contribution in [0.5, 0.6) is 0 Å². The number of carbonyl (C=O) groups is 1. The van der Waals surface area contributed by atoms with Crippen molar-refractivity contribution in [2.24, 2.45) is 34.5 Å². The van der Waals surface area contributed by atoms with Gasteiger partial charge in [-0.3, -0.25) is 0 Å². The van der Waals surface area contributed by atoms with Crippen molar-refractivity contribution < 1.29 is 94.1 Å². The zero-order valence-electron chi connectivity index (χ0n) is 34.0. The Balaban J connectivity index is 0.872. The molecule has 0 aromatic carbocycles. The van der Waals surface area contributed by atoms with Crippen LogP contribution >= 0.6 is 0 Å². The maximum absolute atomic E-state index is 12.6. The van der Waals surface area contributed by atoms with Crippen LogP contribution in [0.15, 0.2) is 11.6 Å². The van der Waals surface area contributed by atoms with E-state index in [9.17, 15) is 61.0 Å². The number of aliphatic hydroxyl groups is 11. The third kappa shape index (κ3) is 7.40. The van der Waals surface area contributed by atoms with Crippen molar-refractivity contribution in [3.05, 3.63) is 11.6 Å². The summed E-state index contributed by atoms with van der Waals surface area (Å²) in [5.74, 6) is -0.0804.